The Morgan fingerprint density at radius 3 is 3.00 bits per heavy atom. The van der Waals surface area contributed by atoms with E-state index in [1.54, 1.807) is 0 Å². The molecule has 6 heteroatoms. The number of nitrogens with one attached hydrogen (secondary N) is 1. The first-order valence-corrected chi connectivity index (χ1v) is 7.28. The largest absolute Gasteiger partial charge is 0.465 e. The number of hydrogen-bond donors (Lipinski definition) is 1. The highest BCUT2D eigenvalue weighted by atomic mass is 35.5. The Hall–Kier alpha value is -0.810. The molecule has 0 spiro atoms. The molecule has 1 fully saturated rings. The van der Waals surface area contributed by atoms with Crippen LogP contribution in [-0.4, -0.2) is 24.6 Å². The van der Waals surface area contributed by atoms with Crippen LogP contribution in [0.4, 0.5) is 5.13 Å². The summed E-state index contributed by atoms with van der Waals surface area (Å²) in [4.78, 5) is 15.9. The zero-order valence-electron chi connectivity index (χ0n) is 10.5. The van der Waals surface area contributed by atoms with Crippen LogP contribution in [0.5, 0.6) is 0 Å². The molecule has 18 heavy (non-hydrogen) atoms. The lowest BCUT2D eigenvalue weighted by Gasteiger charge is -2.09. The standard InChI is InChI=1S/C12H17ClN2O2S/c1-7-3-4-8(5-7)6-14-12-15-10(13)9(18-12)11(16)17-2/h7-8H,3-6H2,1-2H3,(H,14,15). The molecule has 1 heterocycles. The van der Waals surface area contributed by atoms with Crippen molar-refractivity contribution >= 4 is 34.0 Å². The Morgan fingerprint density at radius 2 is 2.39 bits per heavy atom. The van der Waals surface area contributed by atoms with Gasteiger partial charge < -0.3 is 10.1 Å². The number of thiazole rings is 1. The van der Waals surface area contributed by atoms with E-state index in [1.807, 2.05) is 0 Å². The molecule has 1 N–H and O–H groups in total. The average molecular weight is 289 g/mol. The van der Waals surface area contributed by atoms with Gasteiger partial charge in [0.15, 0.2) is 15.2 Å². The van der Waals surface area contributed by atoms with Crippen molar-refractivity contribution < 1.29 is 9.53 Å². The maximum atomic E-state index is 11.4. The summed E-state index contributed by atoms with van der Waals surface area (Å²) >= 11 is 7.14. The minimum absolute atomic E-state index is 0.217. The number of hydrogen-bond acceptors (Lipinski definition) is 5. The third-order valence-corrected chi connectivity index (χ3v) is 4.68. The van der Waals surface area contributed by atoms with E-state index in [1.165, 1.54) is 37.7 Å². The van der Waals surface area contributed by atoms with E-state index in [9.17, 15) is 4.79 Å². The minimum atomic E-state index is -0.431. The first kappa shape index (κ1) is 13.6. The van der Waals surface area contributed by atoms with Crippen LogP contribution in [0.2, 0.25) is 5.15 Å². The molecule has 2 atom stereocenters. The van der Waals surface area contributed by atoms with Gasteiger partial charge in [-0.2, -0.15) is 0 Å². The topological polar surface area (TPSA) is 51.2 Å². The maximum Gasteiger partial charge on any atom is 0.351 e. The highest BCUT2D eigenvalue weighted by Crippen LogP contribution is 2.32. The van der Waals surface area contributed by atoms with Gasteiger partial charge in [0.25, 0.3) is 0 Å². The van der Waals surface area contributed by atoms with Crippen LogP contribution < -0.4 is 5.32 Å². The lowest BCUT2D eigenvalue weighted by molar-refractivity contribution is 0.0606. The number of aromatic nitrogens is 1. The van der Waals surface area contributed by atoms with Gasteiger partial charge in [0.05, 0.1) is 7.11 Å². The highest BCUT2D eigenvalue weighted by molar-refractivity contribution is 7.18. The molecule has 2 rings (SSSR count). The third-order valence-electron chi connectivity index (χ3n) is 3.30. The summed E-state index contributed by atoms with van der Waals surface area (Å²) < 4.78 is 4.64. The van der Waals surface area contributed by atoms with Crippen molar-refractivity contribution in [3.05, 3.63) is 10.0 Å². The fraction of sp³-hybridized carbons (Fsp3) is 0.667. The highest BCUT2D eigenvalue weighted by Gasteiger charge is 2.22. The number of carbonyl (C=O) groups excluding carboxylic acids is 1. The Labute approximate surface area is 116 Å². The Morgan fingerprint density at radius 1 is 1.61 bits per heavy atom. The smallest absolute Gasteiger partial charge is 0.351 e. The van der Waals surface area contributed by atoms with Gasteiger partial charge in [-0.25, -0.2) is 9.78 Å². The second kappa shape index (κ2) is 5.89. The zero-order valence-corrected chi connectivity index (χ0v) is 12.1. The van der Waals surface area contributed by atoms with Crippen molar-refractivity contribution in [3.63, 3.8) is 0 Å². The molecule has 0 aliphatic heterocycles. The normalized spacial score (nSPS) is 23.1. The van der Waals surface area contributed by atoms with Crippen molar-refractivity contribution in [2.24, 2.45) is 11.8 Å². The fourth-order valence-corrected chi connectivity index (χ4v) is 3.45. The summed E-state index contributed by atoms with van der Waals surface area (Å²) in [5.74, 6) is 1.09. The van der Waals surface area contributed by atoms with Gasteiger partial charge in [-0.05, 0) is 24.7 Å². The van der Waals surface area contributed by atoms with E-state index in [0.717, 1.165) is 12.5 Å². The van der Waals surface area contributed by atoms with E-state index in [2.05, 4.69) is 22.0 Å². The van der Waals surface area contributed by atoms with E-state index >= 15 is 0 Å². The maximum absolute atomic E-state index is 11.4. The predicted molar refractivity (Wildman–Crippen MR) is 73.5 cm³/mol. The predicted octanol–water partition coefficient (Wildman–Crippen LogP) is 3.43. The SMILES string of the molecule is COC(=O)c1sc(NCC2CCC(C)C2)nc1Cl. The molecule has 0 radical (unpaired) electrons. The second-order valence-corrected chi connectivity index (χ2v) is 6.15. The summed E-state index contributed by atoms with van der Waals surface area (Å²) in [5, 5.41) is 4.17. The average Bonchev–Trinajstić information content (AvgIpc) is 2.92. The molecule has 0 aromatic carbocycles. The lowest BCUT2D eigenvalue weighted by Crippen LogP contribution is -2.11. The van der Waals surface area contributed by atoms with E-state index in [4.69, 9.17) is 11.6 Å². The van der Waals surface area contributed by atoms with Gasteiger partial charge in [-0.15, -0.1) is 0 Å². The third kappa shape index (κ3) is 3.14. The molecule has 0 amide bonds. The summed E-state index contributed by atoms with van der Waals surface area (Å²) in [5.41, 5.74) is 0. The molecular weight excluding hydrogens is 272 g/mol. The van der Waals surface area contributed by atoms with Crippen LogP contribution in [-0.2, 0) is 4.74 Å². The molecule has 1 saturated carbocycles. The molecule has 1 aliphatic carbocycles. The van der Waals surface area contributed by atoms with Crippen LogP contribution in [0.1, 0.15) is 35.9 Å². The van der Waals surface area contributed by atoms with Gasteiger partial charge in [0, 0.05) is 6.54 Å². The summed E-state index contributed by atoms with van der Waals surface area (Å²) in [6.45, 7) is 3.18. The summed E-state index contributed by atoms with van der Waals surface area (Å²) in [6, 6.07) is 0. The van der Waals surface area contributed by atoms with Gasteiger partial charge in [0.1, 0.15) is 0 Å². The molecule has 4 nitrogen and oxygen atoms in total. The van der Waals surface area contributed by atoms with Crippen molar-refractivity contribution in [1.82, 2.24) is 4.98 Å². The molecule has 2 unspecified atom stereocenters. The van der Waals surface area contributed by atoms with Crippen LogP contribution in [0.25, 0.3) is 0 Å². The van der Waals surface area contributed by atoms with Crippen molar-refractivity contribution in [1.29, 1.82) is 0 Å². The van der Waals surface area contributed by atoms with Gasteiger partial charge >= 0.3 is 5.97 Å². The molecule has 1 aromatic rings. The van der Waals surface area contributed by atoms with Crippen molar-refractivity contribution in [2.45, 2.75) is 26.2 Å². The molecular formula is C12H17ClN2O2S. The van der Waals surface area contributed by atoms with Crippen molar-refractivity contribution in [2.75, 3.05) is 19.0 Å². The number of anilines is 1. The molecule has 0 saturated heterocycles. The number of rotatable bonds is 4. The number of carbonyl (C=O) groups is 1. The molecule has 1 aromatic heterocycles. The number of halogens is 1. The van der Waals surface area contributed by atoms with Crippen LogP contribution in [0, 0.1) is 11.8 Å². The minimum Gasteiger partial charge on any atom is -0.465 e. The quantitative estimate of drug-likeness (QED) is 0.863. The Bertz CT molecular complexity index is 436. The summed E-state index contributed by atoms with van der Waals surface area (Å²) in [6.07, 6.45) is 3.82. The second-order valence-electron chi connectivity index (χ2n) is 4.80. The fourth-order valence-electron chi connectivity index (χ4n) is 2.34. The zero-order chi connectivity index (χ0) is 13.1. The number of nitrogens with zero attached hydrogens (tertiary/aromatic N) is 1. The van der Waals surface area contributed by atoms with Crippen LogP contribution in [0.3, 0.4) is 0 Å². The van der Waals surface area contributed by atoms with E-state index < -0.39 is 5.97 Å². The first-order chi connectivity index (χ1) is 8.60. The first-order valence-electron chi connectivity index (χ1n) is 6.08. The van der Waals surface area contributed by atoms with E-state index in [-0.39, 0.29) is 5.15 Å². The molecule has 100 valence electrons. The Balaban J connectivity index is 1.92. The van der Waals surface area contributed by atoms with E-state index in [0.29, 0.717) is 15.9 Å². The molecule has 0 bridgehead atoms. The monoisotopic (exact) mass is 288 g/mol. The van der Waals surface area contributed by atoms with Gasteiger partial charge in [-0.3, -0.25) is 0 Å². The summed E-state index contributed by atoms with van der Waals surface area (Å²) in [7, 11) is 1.34. The Kier molecular flexibility index (Phi) is 4.45. The number of ether oxygens (including phenoxy) is 1. The number of methoxy groups -OCH3 is 1. The van der Waals surface area contributed by atoms with Crippen LogP contribution in [0.15, 0.2) is 0 Å². The van der Waals surface area contributed by atoms with Crippen molar-refractivity contribution in [3.8, 4) is 0 Å². The van der Waals surface area contributed by atoms with Crippen LogP contribution >= 0.6 is 22.9 Å². The number of esters is 1. The lowest BCUT2D eigenvalue weighted by atomic mass is 10.1. The van der Waals surface area contributed by atoms with Gasteiger partial charge in [-0.1, -0.05) is 36.3 Å². The molecule has 1 aliphatic rings. The van der Waals surface area contributed by atoms with Gasteiger partial charge in [0.2, 0.25) is 0 Å².